The third-order valence-corrected chi connectivity index (χ3v) is 3.53. The summed E-state index contributed by atoms with van der Waals surface area (Å²) in [6, 6.07) is 5.24. The van der Waals surface area contributed by atoms with Crippen molar-refractivity contribution >= 4 is 34.1 Å². The number of aromatic nitrogens is 2. The Kier molecular flexibility index (Phi) is 5.88. The zero-order chi connectivity index (χ0) is 16.8. The smallest absolute Gasteiger partial charge is 0.251 e. The first-order valence-corrected chi connectivity index (χ1v) is 8.07. The lowest BCUT2D eigenvalue weighted by Gasteiger charge is -2.08. The van der Waals surface area contributed by atoms with Gasteiger partial charge in [-0.25, -0.2) is 9.97 Å². The standard InChI is InChI=1S/C18H20ClN3O/c1-4-7-12(8-5-2)16-17(19)22-14-10-9-13(11-15(14)21-16)18(23)20-6-3/h4,7-11H,5-6H2,1-3H3,(H,20,23)/b7-4-,12-8+. The van der Waals surface area contributed by atoms with Crippen LogP contribution in [-0.2, 0) is 0 Å². The van der Waals surface area contributed by atoms with E-state index in [0.717, 1.165) is 12.0 Å². The monoisotopic (exact) mass is 329 g/mol. The van der Waals surface area contributed by atoms with Gasteiger partial charge in [-0.3, -0.25) is 4.79 Å². The van der Waals surface area contributed by atoms with Crippen molar-refractivity contribution in [2.24, 2.45) is 0 Å². The van der Waals surface area contributed by atoms with E-state index >= 15 is 0 Å². The highest BCUT2D eigenvalue weighted by Gasteiger charge is 2.12. The van der Waals surface area contributed by atoms with E-state index in [1.165, 1.54) is 0 Å². The van der Waals surface area contributed by atoms with Crippen LogP contribution in [0.5, 0.6) is 0 Å². The average molecular weight is 330 g/mol. The maximum atomic E-state index is 12.0. The molecule has 0 aliphatic carbocycles. The van der Waals surface area contributed by atoms with Gasteiger partial charge in [-0.15, -0.1) is 0 Å². The number of benzene rings is 1. The molecule has 23 heavy (non-hydrogen) atoms. The molecule has 1 N–H and O–H groups in total. The molecule has 0 fully saturated rings. The lowest BCUT2D eigenvalue weighted by Crippen LogP contribution is -2.22. The summed E-state index contributed by atoms with van der Waals surface area (Å²) < 4.78 is 0. The van der Waals surface area contributed by atoms with Crippen molar-refractivity contribution in [3.63, 3.8) is 0 Å². The summed E-state index contributed by atoms with van der Waals surface area (Å²) in [5.41, 5.74) is 3.45. The van der Waals surface area contributed by atoms with Crippen molar-refractivity contribution in [1.29, 1.82) is 0 Å². The van der Waals surface area contributed by atoms with Gasteiger partial charge in [-0.05, 0) is 44.0 Å². The molecule has 0 aliphatic rings. The van der Waals surface area contributed by atoms with Gasteiger partial charge in [-0.2, -0.15) is 0 Å². The molecule has 0 aliphatic heterocycles. The van der Waals surface area contributed by atoms with Gasteiger partial charge in [0.25, 0.3) is 5.91 Å². The molecule has 0 bridgehead atoms. The van der Waals surface area contributed by atoms with Gasteiger partial charge in [0.15, 0.2) is 5.15 Å². The van der Waals surface area contributed by atoms with E-state index in [1.807, 2.05) is 26.0 Å². The predicted molar refractivity (Wildman–Crippen MR) is 95.6 cm³/mol. The van der Waals surface area contributed by atoms with E-state index in [4.69, 9.17) is 11.6 Å². The molecule has 1 heterocycles. The van der Waals surface area contributed by atoms with Crippen LogP contribution in [0.4, 0.5) is 0 Å². The minimum absolute atomic E-state index is 0.120. The van der Waals surface area contributed by atoms with Gasteiger partial charge in [0, 0.05) is 12.1 Å². The highest BCUT2D eigenvalue weighted by atomic mass is 35.5. The highest BCUT2D eigenvalue weighted by Crippen LogP contribution is 2.25. The maximum absolute atomic E-state index is 12.0. The molecule has 1 amide bonds. The third kappa shape index (κ3) is 3.96. The Hall–Kier alpha value is -2.20. The van der Waals surface area contributed by atoms with Crippen molar-refractivity contribution in [1.82, 2.24) is 15.3 Å². The predicted octanol–water partition coefficient (Wildman–Crippen LogP) is 4.40. The van der Waals surface area contributed by atoms with Crippen LogP contribution in [0, 0.1) is 0 Å². The van der Waals surface area contributed by atoms with Crippen molar-refractivity contribution in [2.45, 2.75) is 27.2 Å². The first-order valence-electron chi connectivity index (χ1n) is 7.69. The molecule has 0 atom stereocenters. The Balaban J connectivity index is 2.57. The van der Waals surface area contributed by atoms with Crippen LogP contribution in [0.15, 0.2) is 36.4 Å². The first kappa shape index (κ1) is 17.2. The fourth-order valence-electron chi connectivity index (χ4n) is 2.26. The number of fused-ring (bicyclic) bond motifs is 1. The highest BCUT2D eigenvalue weighted by molar-refractivity contribution is 6.31. The third-order valence-electron chi connectivity index (χ3n) is 3.26. The van der Waals surface area contributed by atoms with Crippen LogP contribution in [-0.4, -0.2) is 22.4 Å². The maximum Gasteiger partial charge on any atom is 0.251 e. The summed E-state index contributed by atoms with van der Waals surface area (Å²) >= 11 is 6.29. The van der Waals surface area contributed by atoms with Crippen LogP contribution < -0.4 is 5.32 Å². The topological polar surface area (TPSA) is 54.9 Å². The molecule has 0 spiro atoms. The Morgan fingerprint density at radius 2 is 2.04 bits per heavy atom. The van der Waals surface area contributed by atoms with Crippen molar-refractivity contribution < 1.29 is 4.79 Å². The normalized spacial score (nSPS) is 12.1. The number of allylic oxidation sites excluding steroid dienone is 4. The fraction of sp³-hybridized carbons (Fsp3) is 0.278. The van der Waals surface area contributed by atoms with Crippen molar-refractivity contribution in [3.8, 4) is 0 Å². The lowest BCUT2D eigenvalue weighted by atomic mass is 10.1. The molecule has 0 saturated carbocycles. The molecule has 2 rings (SSSR count). The molecule has 1 aromatic heterocycles. The number of hydrogen-bond acceptors (Lipinski definition) is 3. The molecular formula is C18H20ClN3O. The van der Waals surface area contributed by atoms with Gasteiger partial charge in [-0.1, -0.05) is 36.8 Å². The van der Waals surface area contributed by atoms with Crippen LogP contribution in [0.25, 0.3) is 16.6 Å². The second-order valence-electron chi connectivity index (χ2n) is 4.99. The Labute approximate surface area is 141 Å². The van der Waals surface area contributed by atoms with Crippen molar-refractivity contribution in [2.75, 3.05) is 6.54 Å². The summed E-state index contributed by atoms with van der Waals surface area (Å²) in [4.78, 5) is 21.0. The number of carbonyl (C=O) groups is 1. The largest absolute Gasteiger partial charge is 0.352 e. The second-order valence-corrected chi connectivity index (χ2v) is 5.35. The summed E-state index contributed by atoms with van der Waals surface area (Å²) in [6.07, 6.45) is 6.82. The molecule has 0 unspecified atom stereocenters. The van der Waals surface area contributed by atoms with Crippen LogP contribution in [0.3, 0.4) is 0 Å². The fourth-order valence-corrected chi connectivity index (χ4v) is 2.51. The summed E-state index contributed by atoms with van der Waals surface area (Å²) in [7, 11) is 0. The van der Waals surface area contributed by atoms with E-state index in [2.05, 4.69) is 28.3 Å². The van der Waals surface area contributed by atoms with Crippen LogP contribution in [0.2, 0.25) is 5.15 Å². The van der Waals surface area contributed by atoms with E-state index < -0.39 is 0 Å². The Morgan fingerprint density at radius 3 is 2.70 bits per heavy atom. The number of nitrogens with one attached hydrogen (secondary N) is 1. The summed E-state index contributed by atoms with van der Waals surface area (Å²) in [5, 5.41) is 3.14. The van der Waals surface area contributed by atoms with Crippen LogP contribution >= 0.6 is 11.6 Å². The number of rotatable bonds is 5. The molecule has 0 radical (unpaired) electrons. The minimum Gasteiger partial charge on any atom is -0.352 e. The molecule has 120 valence electrons. The minimum atomic E-state index is -0.120. The Morgan fingerprint density at radius 1 is 1.26 bits per heavy atom. The first-order chi connectivity index (χ1) is 11.1. The number of halogens is 1. The zero-order valence-corrected chi connectivity index (χ0v) is 14.3. The van der Waals surface area contributed by atoms with Crippen molar-refractivity contribution in [3.05, 3.63) is 52.8 Å². The van der Waals surface area contributed by atoms with Gasteiger partial charge < -0.3 is 5.32 Å². The van der Waals surface area contributed by atoms with E-state index in [9.17, 15) is 4.79 Å². The number of nitrogens with zero attached hydrogens (tertiary/aromatic N) is 2. The van der Waals surface area contributed by atoms with E-state index in [0.29, 0.717) is 34.0 Å². The lowest BCUT2D eigenvalue weighted by molar-refractivity contribution is 0.0956. The second kappa shape index (κ2) is 7.88. The number of hydrogen-bond donors (Lipinski definition) is 1. The molecule has 1 aromatic carbocycles. The molecule has 4 nitrogen and oxygen atoms in total. The SMILES string of the molecule is C/C=C\C(=C/CC)c1nc2cc(C(=O)NCC)ccc2nc1Cl. The molecule has 5 heteroatoms. The quantitative estimate of drug-likeness (QED) is 0.827. The number of carbonyl (C=O) groups excluding carboxylic acids is 1. The average Bonchev–Trinajstić information content (AvgIpc) is 2.54. The van der Waals surface area contributed by atoms with Gasteiger partial charge in [0.2, 0.25) is 0 Å². The Bertz CT molecular complexity index is 781. The molecule has 0 saturated heterocycles. The number of amides is 1. The van der Waals surface area contributed by atoms with E-state index in [1.54, 1.807) is 18.2 Å². The zero-order valence-electron chi connectivity index (χ0n) is 13.6. The van der Waals surface area contributed by atoms with E-state index in [-0.39, 0.29) is 5.91 Å². The summed E-state index contributed by atoms with van der Waals surface area (Å²) in [6.45, 7) is 6.47. The molecular weight excluding hydrogens is 310 g/mol. The van der Waals surface area contributed by atoms with Crippen LogP contribution in [0.1, 0.15) is 43.2 Å². The van der Waals surface area contributed by atoms with Gasteiger partial charge in [0.05, 0.1) is 11.0 Å². The van der Waals surface area contributed by atoms with Gasteiger partial charge in [0.1, 0.15) is 5.69 Å². The molecule has 2 aromatic rings. The van der Waals surface area contributed by atoms with Gasteiger partial charge >= 0.3 is 0 Å². The summed E-state index contributed by atoms with van der Waals surface area (Å²) in [5.74, 6) is -0.120.